The molecule has 2 aliphatic rings. The standard InChI is InChI=1S/C23H22ClFN4O/c24-17-6-4-5-16(14-17)23(10-11-23)22(30)26-19-13-15(8-9-18(19)25)21-28-27-20-7-2-1-3-12-29(20)21/h4-6,8-9,13-14H,1-3,7,10-12H2,(H,26,30). The molecule has 2 aromatic carbocycles. The van der Waals surface area contributed by atoms with E-state index in [0.29, 0.717) is 5.02 Å². The predicted octanol–water partition coefficient (Wildman–Crippen LogP) is 5.13. The average Bonchev–Trinajstić information content (AvgIpc) is 3.51. The van der Waals surface area contributed by atoms with Crippen LogP contribution in [0.5, 0.6) is 0 Å². The van der Waals surface area contributed by atoms with Crippen LogP contribution in [-0.2, 0) is 23.2 Å². The fraction of sp³-hybridized carbons (Fsp3) is 0.348. The molecule has 30 heavy (non-hydrogen) atoms. The number of carbonyl (C=O) groups is 1. The topological polar surface area (TPSA) is 59.8 Å². The van der Waals surface area contributed by atoms with Gasteiger partial charge in [0.05, 0.1) is 11.1 Å². The zero-order valence-corrected chi connectivity index (χ0v) is 17.3. The molecule has 2 heterocycles. The van der Waals surface area contributed by atoms with Crippen LogP contribution in [0.3, 0.4) is 0 Å². The van der Waals surface area contributed by atoms with E-state index in [2.05, 4.69) is 20.1 Å². The van der Waals surface area contributed by atoms with E-state index in [1.165, 1.54) is 12.5 Å². The van der Waals surface area contributed by atoms with E-state index in [1.807, 2.05) is 18.2 Å². The van der Waals surface area contributed by atoms with Gasteiger partial charge in [0.15, 0.2) is 5.82 Å². The summed E-state index contributed by atoms with van der Waals surface area (Å²) >= 11 is 6.11. The van der Waals surface area contributed by atoms with Gasteiger partial charge in [0.1, 0.15) is 11.6 Å². The van der Waals surface area contributed by atoms with Crippen LogP contribution in [0, 0.1) is 5.82 Å². The highest BCUT2D eigenvalue weighted by atomic mass is 35.5. The number of benzene rings is 2. The van der Waals surface area contributed by atoms with Crippen LogP contribution in [0.15, 0.2) is 42.5 Å². The number of nitrogens with one attached hydrogen (secondary N) is 1. The number of rotatable bonds is 4. The molecule has 0 atom stereocenters. The lowest BCUT2D eigenvalue weighted by Crippen LogP contribution is -2.28. The van der Waals surface area contributed by atoms with Crippen LogP contribution in [0.4, 0.5) is 10.1 Å². The summed E-state index contributed by atoms with van der Waals surface area (Å²) in [5, 5.41) is 12.1. The summed E-state index contributed by atoms with van der Waals surface area (Å²) in [7, 11) is 0. The molecular formula is C23H22ClFN4O. The third kappa shape index (κ3) is 3.39. The van der Waals surface area contributed by atoms with Crippen LogP contribution < -0.4 is 5.32 Å². The van der Waals surface area contributed by atoms with Crippen LogP contribution in [0.2, 0.25) is 5.02 Å². The highest BCUT2D eigenvalue weighted by Gasteiger charge is 2.51. The molecule has 5 nitrogen and oxygen atoms in total. The van der Waals surface area contributed by atoms with Gasteiger partial charge in [-0.25, -0.2) is 4.39 Å². The molecule has 1 fully saturated rings. The Morgan fingerprint density at radius 1 is 1.10 bits per heavy atom. The first kappa shape index (κ1) is 19.2. The minimum atomic E-state index is -0.640. The average molecular weight is 425 g/mol. The molecule has 1 aromatic heterocycles. The Hall–Kier alpha value is -2.73. The summed E-state index contributed by atoms with van der Waals surface area (Å²) in [4.78, 5) is 13.1. The molecular weight excluding hydrogens is 403 g/mol. The number of halogens is 2. The summed E-state index contributed by atoms with van der Waals surface area (Å²) in [6.45, 7) is 0.856. The molecule has 0 unspecified atom stereocenters. The summed E-state index contributed by atoms with van der Waals surface area (Å²) in [5.74, 6) is 1.01. The van der Waals surface area contributed by atoms with Crippen molar-refractivity contribution in [1.29, 1.82) is 0 Å². The number of aryl methyl sites for hydroxylation is 1. The monoisotopic (exact) mass is 424 g/mol. The Morgan fingerprint density at radius 3 is 2.77 bits per heavy atom. The van der Waals surface area contributed by atoms with Gasteiger partial charge in [-0.3, -0.25) is 4.79 Å². The normalized spacial score (nSPS) is 17.1. The molecule has 1 amide bonds. The summed E-state index contributed by atoms with van der Waals surface area (Å²) < 4.78 is 16.7. The molecule has 7 heteroatoms. The molecule has 1 aliphatic carbocycles. The number of aromatic nitrogens is 3. The second-order valence-corrected chi connectivity index (χ2v) is 8.58. The van der Waals surface area contributed by atoms with Crippen molar-refractivity contribution in [2.75, 3.05) is 5.32 Å². The highest BCUT2D eigenvalue weighted by Crippen LogP contribution is 2.49. The van der Waals surface area contributed by atoms with E-state index in [4.69, 9.17) is 11.6 Å². The lowest BCUT2D eigenvalue weighted by Gasteiger charge is -2.17. The van der Waals surface area contributed by atoms with Gasteiger partial charge in [-0.2, -0.15) is 0 Å². The van der Waals surface area contributed by atoms with Gasteiger partial charge < -0.3 is 9.88 Å². The van der Waals surface area contributed by atoms with Crippen molar-refractivity contribution in [3.05, 3.63) is 64.7 Å². The van der Waals surface area contributed by atoms with E-state index in [9.17, 15) is 9.18 Å². The molecule has 1 N–H and O–H groups in total. The quantitative estimate of drug-likeness (QED) is 0.631. The maximum absolute atomic E-state index is 14.6. The molecule has 154 valence electrons. The molecule has 1 saturated carbocycles. The maximum Gasteiger partial charge on any atom is 0.235 e. The molecule has 0 bridgehead atoms. The Labute approximate surface area is 179 Å². The fourth-order valence-corrected chi connectivity index (χ4v) is 4.45. The number of hydrogen-bond acceptors (Lipinski definition) is 3. The second-order valence-electron chi connectivity index (χ2n) is 8.14. The van der Waals surface area contributed by atoms with Gasteiger partial charge in [-0.1, -0.05) is 30.2 Å². The molecule has 5 rings (SSSR count). The minimum Gasteiger partial charge on any atom is -0.323 e. The van der Waals surface area contributed by atoms with Gasteiger partial charge in [0, 0.05) is 23.6 Å². The lowest BCUT2D eigenvalue weighted by atomic mass is 9.95. The number of amides is 1. The van der Waals surface area contributed by atoms with E-state index in [0.717, 1.165) is 61.4 Å². The first-order chi connectivity index (χ1) is 14.6. The van der Waals surface area contributed by atoms with Crippen LogP contribution >= 0.6 is 11.6 Å². The smallest absolute Gasteiger partial charge is 0.235 e. The number of hydrogen-bond donors (Lipinski definition) is 1. The van der Waals surface area contributed by atoms with Gasteiger partial charge in [-0.15, -0.1) is 10.2 Å². The van der Waals surface area contributed by atoms with E-state index < -0.39 is 11.2 Å². The second kappa shape index (κ2) is 7.51. The Kier molecular flexibility index (Phi) is 4.82. The SMILES string of the molecule is O=C(Nc1cc(-c2nnc3n2CCCCC3)ccc1F)C1(c2cccc(Cl)c2)CC1. The van der Waals surface area contributed by atoms with E-state index in [1.54, 1.807) is 18.2 Å². The third-order valence-corrected chi connectivity index (χ3v) is 6.38. The summed E-state index contributed by atoms with van der Waals surface area (Å²) in [6, 6.07) is 12.1. The first-order valence-corrected chi connectivity index (χ1v) is 10.7. The molecule has 0 spiro atoms. The van der Waals surface area contributed by atoms with Crippen LogP contribution in [0.1, 0.15) is 43.5 Å². The third-order valence-electron chi connectivity index (χ3n) is 6.14. The first-order valence-electron chi connectivity index (χ1n) is 10.4. The Morgan fingerprint density at radius 2 is 1.97 bits per heavy atom. The van der Waals surface area contributed by atoms with Crippen molar-refractivity contribution >= 4 is 23.2 Å². The number of fused-ring (bicyclic) bond motifs is 1. The predicted molar refractivity (Wildman–Crippen MR) is 114 cm³/mol. The van der Waals surface area contributed by atoms with Gasteiger partial charge >= 0.3 is 0 Å². The maximum atomic E-state index is 14.6. The largest absolute Gasteiger partial charge is 0.323 e. The minimum absolute atomic E-state index is 0.164. The van der Waals surface area contributed by atoms with Gasteiger partial charge in [0.2, 0.25) is 5.91 Å². The Bertz CT molecular complexity index is 1120. The van der Waals surface area contributed by atoms with E-state index >= 15 is 0 Å². The van der Waals surface area contributed by atoms with Crippen molar-refractivity contribution in [3.8, 4) is 11.4 Å². The summed E-state index contributed by atoms with van der Waals surface area (Å²) in [5.41, 5.74) is 1.14. The Balaban J connectivity index is 1.44. The highest BCUT2D eigenvalue weighted by molar-refractivity contribution is 6.30. The number of carbonyl (C=O) groups excluding carboxylic acids is 1. The molecule has 1 aliphatic heterocycles. The summed E-state index contributed by atoms with van der Waals surface area (Å²) in [6.07, 6.45) is 5.69. The van der Waals surface area contributed by atoms with Crippen molar-refractivity contribution in [2.24, 2.45) is 0 Å². The van der Waals surface area contributed by atoms with Crippen molar-refractivity contribution in [2.45, 2.75) is 50.5 Å². The lowest BCUT2D eigenvalue weighted by molar-refractivity contribution is -0.118. The van der Waals surface area contributed by atoms with Crippen LogP contribution in [-0.4, -0.2) is 20.7 Å². The molecule has 3 aromatic rings. The van der Waals surface area contributed by atoms with E-state index in [-0.39, 0.29) is 11.6 Å². The fourth-order valence-electron chi connectivity index (χ4n) is 4.26. The zero-order chi connectivity index (χ0) is 20.7. The molecule has 0 radical (unpaired) electrons. The van der Waals surface area contributed by atoms with Crippen molar-refractivity contribution in [1.82, 2.24) is 14.8 Å². The van der Waals surface area contributed by atoms with Crippen molar-refractivity contribution in [3.63, 3.8) is 0 Å². The number of nitrogens with zero attached hydrogens (tertiary/aromatic N) is 3. The van der Waals surface area contributed by atoms with Crippen molar-refractivity contribution < 1.29 is 9.18 Å². The molecule has 0 saturated heterocycles. The van der Waals surface area contributed by atoms with Gasteiger partial charge in [0.25, 0.3) is 0 Å². The zero-order valence-electron chi connectivity index (χ0n) is 16.5. The van der Waals surface area contributed by atoms with Gasteiger partial charge in [-0.05, 0) is 61.6 Å². The number of anilines is 1. The van der Waals surface area contributed by atoms with Crippen LogP contribution in [0.25, 0.3) is 11.4 Å².